The Morgan fingerprint density at radius 1 is 1.21 bits per heavy atom. The van der Waals surface area contributed by atoms with Crippen molar-refractivity contribution < 1.29 is 13.9 Å². The van der Waals surface area contributed by atoms with E-state index in [4.69, 9.17) is 14.7 Å². The van der Waals surface area contributed by atoms with Crippen LogP contribution >= 0.6 is 11.8 Å². The first kappa shape index (κ1) is 23.3. The lowest BCUT2D eigenvalue weighted by Gasteiger charge is -2.28. The Bertz CT molecular complexity index is 1090. The molecular formula is C23H29FN6O2S. The zero-order chi connectivity index (χ0) is 23.0. The fourth-order valence-electron chi connectivity index (χ4n) is 3.75. The lowest BCUT2D eigenvalue weighted by atomic mass is 10.1. The van der Waals surface area contributed by atoms with Gasteiger partial charge >= 0.3 is 0 Å². The van der Waals surface area contributed by atoms with Gasteiger partial charge in [-0.25, -0.2) is 19.0 Å². The van der Waals surface area contributed by atoms with E-state index in [1.165, 1.54) is 18.6 Å². The van der Waals surface area contributed by atoms with Crippen molar-refractivity contribution in [1.82, 2.24) is 25.1 Å². The van der Waals surface area contributed by atoms with E-state index in [-0.39, 0.29) is 18.3 Å². The average Bonchev–Trinajstić information content (AvgIpc) is 3.25. The molecular weight excluding hydrogens is 443 g/mol. The molecule has 0 spiro atoms. The maximum absolute atomic E-state index is 13.6. The van der Waals surface area contributed by atoms with Crippen LogP contribution in [0.4, 0.5) is 10.2 Å². The van der Waals surface area contributed by atoms with Gasteiger partial charge in [0, 0.05) is 25.4 Å². The summed E-state index contributed by atoms with van der Waals surface area (Å²) in [6.07, 6.45) is 6.44. The smallest absolute Gasteiger partial charge is 0.258 e. The summed E-state index contributed by atoms with van der Waals surface area (Å²) in [5.74, 6) is 1.15. The van der Waals surface area contributed by atoms with Crippen molar-refractivity contribution in [2.24, 2.45) is 0 Å². The van der Waals surface area contributed by atoms with Crippen LogP contribution in [0.1, 0.15) is 32.6 Å². The summed E-state index contributed by atoms with van der Waals surface area (Å²) in [7, 11) is 0. The number of anilines is 1. The first-order valence-corrected chi connectivity index (χ1v) is 12.4. The number of hydrogen-bond acceptors (Lipinski definition) is 7. The minimum Gasteiger partial charge on any atom is -0.481 e. The van der Waals surface area contributed by atoms with Gasteiger partial charge in [-0.15, -0.1) is 0 Å². The van der Waals surface area contributed by atoms with Gasteiger partial charge in [0.25, 0.3) is 5.91 Å². The minimum atomic E-state index is -0.491. The quantitative estimate of drug-likeness (QED) is 0.356. The Morgan fingerprint density at radius 2 is 2.03 bits per heavy atom. The number of ether oxygens (including phenoxy) is 1. The highest BCUT2D eigenvalue weighted by molar-refractivity contribution is 7.99. The van der Waals surface area contributed by atoms with Gasteiger partial charge in [-0.2, -0.15) is 5.10 Å². The van der Waals surface area contributed by atoms with Gasteiger partial charge in [0.05, 0.1) is 18.1 Å². The fraction of sp³-hybridized carbons (Fsp3) is 0.478. The number of nitrogens with one attached hydrogen (secondary N) is 1. The number of carbonyl (C=O) groups is 1. The van der Waals surface area contributed by atoms with Crippen LogP contribution in [0.15, 0.2) is 35.6 Å². The number of benzene rings is 1. The fourth-order valence-corrected chi connectivity index (χ4v) is 4.44. The van der Waals surface area contributed by atoms with Crippen LogP contribution in [0.25, 0.3) is 11.0 Å². The number of thioether (sulfide) groups is 1. The molecule has 0 aliphatic carbocycles. The molecule has 1 aliphatic heterocycles. The second-order valence-corrected chi connectivity index (χ2v) is 8.96. The number of aromatic nitrogens is 4. The SMILES string of the molecule is CCCSc1nc(N2CCCCC2)c2cnn(CCNC(=O)COc3ccccc3F)c2n1. The van der Waals surface area contributed by atoms with Crippen LogP contribution in [-0.2, 0) is 11.3 Å². The number of nitrogens with zero attached hydrogens (tertiary/aromatic N) is 5. The van der Waals surface area contributed by atoms with Gasteiger partial charge in [0.2, 0.25) is 0 Å². The van der Waals surface area contributed by atoms with Gasteiger partial charge in [-0.3, -0.25) is 4.79 Å². The van der Waals surface area contributed by atoms with E-state index < -0.39 is 5.82 Å². The molecule has 8 nitrogen and oxygen atoms in total. The molecule has 0 bridgehead atoms. The Balaban J connectivity index is 1.41. The Kier molecular flexibility index (Phi) is 7.98. The molecule has 0 radical (unpaired) electrons. The van der Waals surface area contributed by atoms with Crippen molar-refractivity contribution in [3.05, 3.63) is 36.3 Å². The van der Waals surface area contributed by atoms with Crippen LogP contribution in [-0.4, -0.2) is 57.6 Å². The molecule has 1 N–H and O–H groups in total. The summed E-state index contributed by atoms with van der Waals surface area (Å²) in [6, 6.07) is 6.02. The normalized spacial score (nSPS) is 13.9. The minimum absolute atomic E-state index is 0.0600. The van der Waals surface area contributed by atoms with Crippen LogP contribution < -0.4 is 15.0 Å². The van der Waals surface area contributed by atoms with Crippen LogP contribution in [0.3, 0.4) is 0 Å². The third-order valence-corrected chi connectivity index (χ3v) is 6.44. The molecule has 2 aromatic heterocycles. The van der Waals surface area contributed by atoms with Crippen molar-refractivity contribution in [1.29, 1.82) is 0 Å². The molecule has 0 saturated carbocycles. The van der Waals surface area contributed by atoms with Crippen LogP contribution in [0, 0.1) is 5.82 Å². The predicted octanol–water partition coefficient (Wildman–Crippen LogP) is 3.65. The van der Waals surface area contributed by atoms with E-state index in [0.29, 0.717) is 13.1 Å². The topological polar surface area (TPSA) is 85.2 Å². The second kappa shape index (κ2) is 11.3. The molecule has 176 valence electrons. The number of amides is 1. The van der Waals surface area contributed by atoms with E-state index in [1.807, 2.05) is 6.20 Å². The number of piperidine rings is 1. The number of rotatable bonds is 10. The summed E-state index contributed by atoms with van der Waals surface area (Å²) < 4.78 is 20.7. The lowest BCUT2D eigenvalue weighted by Crippen LogP contribution is -2.32. The molecule has 0 atom stereocenters. The summed E-state index contributed by atoms with van der Waals surface area (Å²) in [5, 5.41) is 9.01. The Morgan fingerprint density at radius 3 is 2.82 bits per heavy atom. The highest BCUT2D eigenvalue weighted by atomic mass is 32.2. The van der Waals surface area contributed by atoms with Crippen molar-refractivity contribution in [3.8, 4) is 5.75 Å². The number of para-hydroxylation sites is 1. The molecule has 3 aromatic rings. The highest BCUT2D eigenvalue weighted by Gasteiger charge is 2.20. The maximum atomic E-state index is 13.6. The molecule has 1 saturated heterocycles. The van der Waals surface area contributed by atoms with Gasteiger partial charge in [-0.05, 0) is 37.8 Å². The van der Waals surface area contributed by atoms with Gasteiger partial charge in [0.1, 0.15) is 5.82 Å². The number of halogens is 1. The van der Waals surface area contributed by atoms with Gasteiger partial charge in [0.15, 0.2) is 29.0 Å². The van der Waals surface area contributed by atoms with Crippen molar-refractivity contribution >= 4 is 34.5 Å². The highest BCUT2D eigenvalue weighted by Crippen LogP contribution is 2.29. The van der Waals surface area contributed by atoms with Crippen molar-refractivity contribution in [3.63, 3.8) is 0 Å². The first-order chi connectivity index (χ1) is 16.2. The number of hydrogen-bond donors (Lipinski definition) is 1. The summed E-state index contributed by atoms with van der Waals surface area (Å²) >= 11 is 1.65. The molecule has 1 fully saturated rings. The molecule has 1 aliphatic rings. The van der Waals surface area contributed by atoms with Crippen molar-refractivity contribution in [2.75, 3.05) is 36.9 Å². The van der Waals surface area contributed by atoms with E-state index in [9.17, 15) is 9.18 Å². The molecule has 1 aromatic carbocycles. The van der Waals surface area contributed by atoms with Gasteiger partial charge in [-0.1, -0.05) is 30.8 Å². The lowest BCUT2D eigenvalue weighted by molar-refractivity contribution is -0.123. The Hall–Kier alpha value is -2.88. The maximum Gasteiger partial charge on any atom is 0.258 e. The van der Waals surface area contributed by atoms with Crippen LogP contribution in [0.5, 0.6) is 5.75 Å². The zero-order valence-electron chi connectivity index (χ0n) is 18.8. The summed E-state index contributed by atoms with van der Waals surface area (Å²) in [6.45, 7) is 4.69. The molecule has 0 unspecified atom stereocenters. The van der Waals surface area contributed by atoms with E-state index in [0.717, 1.165) is 60.1 Å². The summed E-state index contributed by atoms with van der Waals surface area (Å²) in [4.78, 5) is 24.1. The summed E-state index contributed by atoms with van der Waals surface area (Å²) in [5.41, 5.74) is 0.779. The largest absolute Gasteiger partial charge is 0.481 e. The standard InChI is InChI=1S/C23H29FN6O2S/c1-2-14-33-23-27-21(29-11-6-3-7-12-29)17-15-26-30(22(17)28-23)13-10-25-20(31)16-32-19-9-5-4-8-18(19)24/h4-5,8-9,15H,2-3,6-7,10-14,16H2,1H3,(H,25,31). The van der Waals surface area contributed by atoms with E-state index in [1.54, 1.807) is 28.6 Å². The molecule has 4 rings (SSSR count). The number of carbonyl (C=O) groups excluding carboxylic acids is 1. The van der Waals surface area contributed by atoms with E-state index >= 15 is 0 Å². The molecule has 1 amide bonds. The first-order valence-electron chi connectivity index (χ1n) is 11.4. The third kappa shape index (κ3) is 5.93. The van der Waals surface area contributed by atoms with Crippen LogP contribution in [0.2, 0.25) is 0 Å². The average molecular weight is 473 g/mol. The Labute approximate surface area is 196 Å². The van der Waals surface area contributed by atoms with Gasteiger partial charge < -0.3 is 15.0 Å². The van der Waals surface area contributed by atoms with E-state index in [2.05, 4.69) is 22.2 Å². The zero-order valence-corrected chi connectivity index (χ0v) is 19.6. The molecule has 10 heteroatoms. The molecule has 33 heavy (non-hydrogen) atoms. The predicted molar refractivity (Wildman–Crippen MR) is 127 cm³/mol. The number of fused-ring (bicyclic) bond motifs is 1. The second-order valence-electron chi connectivity index (χ2n) is 7.90. The monoisotopic (exact) mass is 472 g/mol. The van der Waals surface area contributed by atoms with Crippen molar-refractivity contribution in [2.45, 2.75) is 44.3 Å². The molecule has 3 heterocycles. The third-order valence-electron chi connectivity index (χ3n) is 5.39.